The molecule has 2 amide bonds. The van der Waals surface area contributed by atoms with Crippen LogP contribution < -0.4 is 16.0 Å². The fourth-order valence-electron chi connectivity index (χ4n) is 3.53. The van der Waals surface area contributed by atoms with E-state index in [0.29, 0.717) is 19.4 Å². The average molecular weight is 347 g/mol. The molecule has 0 atom stereocenters. The van der Waals surface area contributed by atoms with Gasteiger partial charge in [0, 0.05) is 12.8 Å². The molecule has 1 aliphatic rings. The van der Waals surface area contributed by atoms with Gasteiger partial charge in [0.05, 0.1) is 18.6 Å². The summed E-state index contributed by atoms with van der Waals surface area (Å²) in [5, 5.41) is 8.95. The molecule has 1 aromatic carbocycles. The topological polar surface area (TPSA) is 79.5 Å². The van der Waals surface area contributed by atoms with Crippen molar-refractivity contribution in [3.63, 3.8) is 0 Å². The number of anilines is 1. The molecule has 6 heteroatoms. The van der Waals surface area contributed by atoms with Crippen LogP contribution in [-0.4, -0.2) is 45.2 Å². The monoisotopic (exact) mass is 347 g/mol. The SMILES string of the molecule is COCC1(C(=O)NCC(=O)Nc2c(C)cc(C)cc2C)CCNCC1. The molecular weight excluding hydrogens is 318 g/mol. The minimum absolute atomic E-state index is 0.0372. The van der Waals surface area contributed by atoms with E-state index in [1.54, 1.807) is 7.11 Å². The molecule has 2 rings (SSSR count). The Balaban J connectivity index is 1.96. The maximum absolute atomic E-state index is 12.6. The Bertz CT molecular complexity index is 608. The number of hydrogen-bond acceptors (Lipinski definition) is 4. The minimum Gasteiger partial charge on any atom is -0.384 e. The molecule has 138 valence electrons. The third-order valence-electron chi connectivity index (χ3n) is 4.81. The van der Waals surface area contributed by atoms with E-state index in [9.17, 15) is 9.59 Å². The van der Waals surface area contributed by atoms with Gasteiger partial charge in [0.1, 0.15) is 0 Å². The zero-order valence-electron chi connectivity index (χ0n) is 15.6. The zero-order valence-corrected chi connectivity index (χ0v) is 15.6. The number of amides is 2. The number of carbonyl (C=O) groups is 2. The summed E-state index contributed by atoms with van der Waals surface area (Å²) in [7, 11) is 1.60. The van der Waals surface area contributed by atoms with Gasteiger partial charge in [-0.3, -0.25) is 9.59 Å². The second kappa shape index (κ2) is 8.45. The molecule has 25 heavy (non-hydrogen) atoms. The standard InChI is InChI=1S/C19H29N3O3/c1-13-9-14(2)17(15(3)10-13)22-16(23)11-21-18(24)19(12-25-4)5-7-20-8-6-19/h9-10,20H,5-8,11-12H2,1-4H3,(H,21,24)(H,22,23). The summed E-state index contributed by atoms with van der Waals surface area (Å²) in [5.74, 6) is -0.326. The Kier molecular flexibility index (Phi) is 6.56. The van der Waals surface area contributed by atoms with E-state index >= 15 is 0 Å². The van der Waals surface area contributed by atoms with Crippen molar-refractivity contribution in [2.45, 2.75) is 33.6 Å². The second-order valence-electron chi connectivity index (χ2n) is 6.97. The molecule has 1 aromatic rings. The van der Waals surface area contributed by atoms with Crippen molar-refractivity contribution < 1.29 is 14.3 Å². The van der Waals surface area contributed by atoms with Gasteiger partial charge in [-0.05, 0) is 57.8 Å². The highest BCUT2D eigenvalue weighted by atomic mass is 16.5. The Hall–Kier alpha value is -1.92. The molecule has 0 aromatic heterocycles. The third-order valence-corrected chi connectivity index (χ3v) is 4.81. The van der Waals surface area contributed by atoms with Crippen molar-refractivity contribution in [2.24, 2.45) is 5.41 Å². The molecule has 6 nitrogen and oxygen atoms in total. The molecule has 1 heterocycles. The highest BCUT2D eigenvalue weighted by molar-refractivity contribution is 5.96. The van der Waals surface area contributed by atoms with Crippen molar-refractivity contribution in [1.29, 1.82) is 0 Å². The van der Waals surface area contributed by atoms with E-state index in [1.807, 2.05) is 32.9 Å². The van der Waals surface area contributed by atoms with Crippen LogP contribution in [0.2, 0.25) is 0 Å². The molecule has 3 N–H and O–H groups in total. The Morgan fingerprint density at radius 2 is 1.76 bits per heavy atom. The van der Waals surface area contributed by atoms with E-state index < -0.39 is 5.41 Å². The van der Waals surface area contributed by atoms with Gasteiger partial charge in [-0.1, -0.05) is 17.7 Å². The first-order chi connectivity index (χ1) is 11.9. The number of hydrogen-bond donors (Lipinski definition) is 3. The largest absolute Gasteiger partial charge is 0.384 e. The average Bonchev–Trinajstić information content (AvgIpc) is 2.57. The number of carbonyl (C=O) groups excluding carboxylic acids is 2. The smallest absolute Gasteiger partial charge is 0.243 e. The van der Waals surface area contributed by atoms with Gasteiger partial charge in [-0.2, -0.15) is 0 Å². The molecule has 0 unspecified atom stereocenters. The minimum atomic E-state index is -0.546. The summed E-state index contributed by atoms with van der Waals surface area (Å²) in [5.41, 5.74) is 3.47. The summed E-state index contributed by atoms with van der Waals surface area (Å²) < 4.78 is 5.26. The highest BCUT2D eigenvalue weighted by Gasteiger charge is 2.39. The van der Waals surface area contributed by atoms with Gasteiger partial charge in [-0.15, -0.1) is 0 Å². The van der Waals surface area contributed by atoms with E-state index in [1.165, 1.54) is 0 Å². The molecule has 0 radical (unpaired) electrons. The number of ether oxygens (including phenoxy) is 1. The predicted molar refractivity (Wildman–Crippen MR) is 98.7 cm³/mol. The number of benzene rings is 1. The lowest BCUT2D eigenvalue weighted by atomic mass is 9.78. The fraction of sp³-hybridized carbons (Fsp3) is 0.579. The normalized spacial score (nSPS) is 16.3. The number of aryl methyl sites for hydroxylation is 3. The lowest BCUT2D eigenvalue weighted by Gasteiger charge is -2.35. The predicted octanol–water partition coefficient (Wildman–Crippen LogP) is 1.68. The van der Waals surface area contributed by atoms with Crippen molar-refractivity contribution in [3.05, 3.63) is 28.8 Å². The van der Waals surface area contributed by atoms with Crippen LogP contribution in [0.1, 0.15) is 29.5 Å². The van der Waals surface area contributed by atoms with Crippen LogP contribution in [0.15, 0.2) is 12.1 Å². The number of rotatable bonds is 6. The van der Waals surface area contributed by atoms with Crippen LogP contribution in [0.3, 0.4) is 0 Å². The Labute approximate surface area is 149 Å². The zero-order chi connectivity index (χ0) is 18.4. The van der Waals surface area contributed by atoms with Crippen LogP contribution in [0, 0.1) is 26.2 Å². The van der Waals surface area contributed by atoms with E-state index in [-0.39, 0.29) is 18.4 Å². The van der Waals surface area contributed by atoms with Crippen LogP contribution in [-0.2, 0) is 14.3 Å². The van der Waals surface area contributed by atoms with Gasteiger partial charge in [0.2, 0.25) is 11.8 Å². The lowest BCUT2D eigenvalue weighted by Crippen LogP contribution is -2.51. The second-order valence-corrected chi connectivity index (χ2v) is 6.97. The summed E-state index contributed by atoms with van der Waals surface area (Å²) in [6.45, 7) is 7.87. The fourth-order valence-corrected chi connectivity index (χ4v) is 3.53. The molecule has 0 spiro atoms. The Morgan fingerprint density at radius 3 is 2.32 bits per heavy atom. The molecule has 0 bridgehead atoms. The van der Waals surface area contributed by atoms with Crippen LogP contribution in [0.4, 0.5) is 5.69 Å². The number of methoxy groups -OCH3 is 1. The maximum Gasteiger partial charge on any atom is 0.243 e. The Morgan fingerprint density at radius 1 is 1.16 bits per heavy atom. The van der Waals surface area contributed by atoms with E-state index in [4.69, 9.17) is 4.74 Å². The van der Waals surface area contributed by atoms with Gasteiger partial charge in [0.15, 0.2) is 0 Å². The van der Waals surface area contributed by atoms with Gasteiger partial charge in [-0.25, -0.2) is 0 Å². The van der Waals surface area contributed by atoms with Crippen molar-refractivity contribution in [2.75, 3.05) is 38.7 Å². The number of nitrogens with one attached hydrogen (secondary N) is 3. The van der Waals surface area contributed by atoms with Crippen molar-refractivity contribution in [3.8, 4) is 0 Å². The molecule has 1 fully saturated rings. The van der Waals surface area contributed by atoms with E-state index in [0.717, 1.165) is 35.5 Å². The first-order valence-corrected chi connectivity index (χ1v) is 8.73. The molecular formula is C19H29N3O3. The van der Waals surface area contributed by atoms with Crippen molar-refractivity contribution >= 4 is 17.5 Å². The highest BCUT2D eigenvalue weighted by Crippen LogP contribution is 2.29. The maximum atomic E-state index is 12.6. The van der Waals surface area contributed by atoms with E-state index in [2.05, 4.69) is 16.0 Å². The summed E-state index contributed by atoms with van der Waals surface area (Å²) in [4.78, 5) is 24.9. The van der Waals surface area contributed by atoms with Gasteiger partial charge >= 0.3 is 0 Å². The third kappa shape index (κ3) is 4.80. The lowest BCUT2D eigenvalue weighted by molar-refractivity contribution is -0.137. The van der Waals surface area contributed by atoms with Crippen LogP contribution >= 0.6 is 0 Å². The molecule has 1 aliphatic heterocycles. The number of piperidine rings is 1. The summed E-state index contributed by atoms with van der Waals surface area (Å²) in [6, 6.07) is 4.06. The first-order valence-electron chi connectivity index (χ1n) is 8.73. The molecule has 1 saturated heterocycles. The van der Waals surface area contributed by atoms with Crippen molar-refractivity contribution in [1.82, 2.24) is 10.6 Å². The summed E-state index contributed by atoms with van der Waals surface area (Å²) in [6.07, 6.45) is 1.43. The molecule has 0 saturated carbocycles. The summed E-state index contributed by atoms with van der Waals surface area (Å²) >= 11 is 0. The van der Waals surface area contributed by atoms with Crippen LogP contribution in [0.5, 0.6) is 0 Å². The van der Waals surface area contributed by atoms with Gasteiger partial charge in [0.25, 0.3) is 0 Å². The van der Waals surface area contributed by atoms with Crippen LogP contribution in [0.25, 0.3) is 0 Å². The molecule has 0 aliphatic carbocycles. The quantitative estimate of drug-likeness (QED) is 0.732. The van der Waals surface area contributed by atoms with Gasteiger partial charge < -0.3 is 20.7 Å². The first kappa shape index (κ1) is 19.4.